The number of alkyl halides is 3. The maximum absolute atomic E-state index is 13.3. The average Bonchev–Trinajstić information content (AvgIpc) is 2.96. The van der Waals surface area contributed by atoms with E-state index in [2.05, 4.69) is 6.07 Å². The lowest BCUT2D eigenvalue weighted by Crippen LogP contribution is -2.11. The first-order chi connectivity index (χ1) is 13.3. The topological polar surface area (TPSA) is 48.0 Å². The number of halogens is 4. The fourth-order valence-corrected chi connectivity index (χ4v) is 3.49. The minimum Gasteiger partial charge on any atom is -0.366 e. The smallest absolute Gasteiger partial charge is 0.366 e. The fourth-order valence-electron chi connectivity index (χ4n) is 3.37. The Kier molecular flexibility index (Phi) is 4.31. The quantitative estimate of drug-likeness (QED) is 0.490. The molecular weight excluding hydrogens is 389 g/mol. The number of rotatable bonds is 3. The molecule has 4 rings (SSSR count). The maximum Gasteiger partial charge on any atom is 0.416 e. The number of fused-ring (bicyclic) bond motifs is 3. The first-order valence-corrected chi connectivity index (χ1v) is 8.71. The third kappa shape index (κ3) is 3.10. The summed E-state index contributed by atoms with van der Waals surface area (Å²) >= 11 is 5.92. The number of carbonyl (C=O) groups excluding carboxylic acids is 1. The number of hydrogen-bond donors (Lipinski definition) is 1. The molecule has 7 heteroatoms. The van der Waals surface area contributed by atoms with E-state index in [-0.39, 0.29) is 5.56 Å². The van der Waals surface area contributed by atoms with E-state index in [1.54, 1.807) is 47.0 Å². The highest BCUT2D eigenvalue weighted by Gasteiger charge is 2.31. The summed E-state index contributed by atoms with van der Waals surface area (Å²) in [6.07, 6.45) is -4.50. The number of hydrogen-bond acceptors (Lipinski definition) is 1. The van der Waals surface area contributed by atoms with Crippen molar-refractivity contribution in [3.8, 4) is 0 Å². The predicted molar refractivity (Wildman–Crippen MR) is 102 cm³/mol. The van der Waals surface area contributed by atoms with Crippen LogP contribution in [-0.4, -0.2) is 10.5 Å². The molecule has 1 heterocycles. The predicted octanol–water partition coefficient (Wildman–Crippen LogP) is 5.41. The summed E-state index contributed by atoms with van der Waals surface area (Å²) in [5.74, 6) is -0.649. The van der Waals surface area contributed by atoms with Crippen LogP contribution in [0, 0.1) is 6.07 Å². The Labute approximate surface area is 163 Å². The molecule has 1 radical (unpaired) electrons. The van der Waals surface area contributed by atoms with Crippen LogP contribution in [0.5, 0.6) is 0 Å². The van der Waals surface area contributed by atoms with Gasteiger partial charge in [-0.15, -0.1) is 0 Å². The highest BCUT2D eigenvalue weighted by Crippen LogP contribution is 2.36. The van der Waals surface area contributed by atoms with Crippen molar-refractivity contribution < 1.29 is 18.0 Å². The van der Waals surface area contributed by atoms with Crippen LogP contribution >= 0.6 is 11.6 Å². The lowest BCUT2D eigenvalue weighted by atomic mass is 10.0. The number of aromatic nitrogens is 1. The van der Waals surface area contributed by atoms with Crippen molar-refractivity contribution in [2.24, 2.45) is 5.73 Å². The molecule has 0 spiro atoms. The van der Waals surface area contributed by atoms with Gasteiger partial charge >= 0.3 is 6.18 Å². The molecule has 3 nitrogen and oxygen atoms in total. The zero-order valence-electron chi connectivity index (χ0n) is 14.3. The van der Waals surface area contributed by atoms with E-state index in [9.17, 15) is 18.0 Å². The summed E-state index contributed by atoms with van der Waals surface area (Å²) in [6.45, 7) is 0.300. The van der Waals surface area contributed by atoms with Crippen molar-refractivity contribution in [2.45, 2.75) is 12.7 Å². The third-order valence-corrected chi connectivity index (χ3v) is 4.89. The molecule has 1 amide bonds. The molecule has 0 fully saturated rings. The molecular formula is C21H13ClF3N2O. The molecule has 0 saturated heterocycles. The molecule has 1 aromatic heterocycles. The van der Waals surface area contributed by atoms with Gasteiger partial charge in [0.2, 0.25) is 5.91 Å². The van der Waals surface area contributed by atoms with Crippen molar-refractivity contribution in [2.75, 3.05) is 0 Å². The summed E-state index contributed by atoms with van der Waals surface area (Å²) in [6, 6.07) is 16.7. The Balaban J connectivity index is 2.04. The molecule has 141 valence electrons. The van der Waals surface area contributed by atoms with E-state index in [1.165, 1.54) is 0 Å². The molecule has 0 atom stereocenters. The highest BCUT2D eigenvalue weighted by atomic mass is 35.5. The Morgan fingerprint density at radius 2 is 1.82 bits per heavy atom. The summed E-state index contributed by atoms with van der Waals surface area (Å²) in [5, 5.41) is 1.48. The van der Waals surface area contributed by atoms with Gasteiger partial charge in [0.05, 0.1) is 16.6 Å². The fraction of sp³-hybridized carbons (Fsp3) is 0.0952. The SMILES string of the molecule is NC(=O)c1cccc2c1c1[c]cc(C(F)(F)F)cc1n2Cc1ccc(Cl)cc1. The van der Waals surface area contributed by atoms with Crippen molar-refractivity contribution in [3.05, 3.63) is 82.4 Å². The van der Waals surface area contributed by atoms with Crippen LogP contribution in [0.3, 0.4) is 0 Å². The second kappa shape index (κ2) is 6.56. The van der Waals surface area contributed by atoms with Crippen LogP contribution in [0.2, 0.25) is 5.02 Å². The monoisotopic (exact) mass is 401 g/mol. The number of primary amides is 1. The maximum atomic E-state index is 13.3. The van der Waals surface area contributed by atoms with Gasteiger partial charge in [-0.25, -0.2) is 0 Å². The van der Waals surface area contributed by atoms with E-state index in [0.29, 0.717) is 33.4 Å². The number of nitrogens with two attached hydrogens (primary N) is 1. The molecule has 0 aliphatic rings. The molecule has 0 saturated carbocycles. The van der Waals surface area contributed by atoms with E-state index < -0.39 is 17.6 Å². The van der Waals surface area contributed by atoms with Gasteiger partial charge in [-0.3, -0.25) is 4.79 Å². The third-order valence-electron chi connectivity index (χ3n) is 4.64. The van der Waals surface area contributed by atoms with Gasteiger partial charge in [-0.2, -0.15) is 13.2 Å². The first-order valence-electron chi connectivity index (χ1n) is 8.34. The van der Waals surface area contributed by atoms with Gasteiger partial charge < -0.3 is 10.3 Å². The van der Waals surface area contributed by atoms with Gasteiger partial charge in [0, 0.05) is 27.9 Å². The van der Waals surface area contributed by atoms with Gasteiger partial charge in [-0.1, -0.05) is 29.8 Å². The minimum atomic E-state index is -4.50. The standard InChI is InChI=1S/C21H13ClF3N2O/c22-14-7-4-12(5-8-14)11-27-17-3-1-2-16(20(26)28)19(17)15-9-6-13(10-18(15)27)21(23,24)25/h1-8,10H,11H2,(H2,26,28). The molecule has 4 aromatic rings. The lowest BCUT2D eigenvalue weighted by molar-refractivity contribution is -0.137. The van der Waals surface area contributed by atoms with Crippen molar-refractivity contribution >= 4 is 39.3 Å². The van der Waals surface area contributed by atoms with Crippen LogP contribution in [-0.2, 0) is 12.7 Å². The average molecular weight is 402 g/mol. The molecule has 0 aliphatic heterocycles. The second-order valence-electron chi connectivity index (χ2n) is 6.42. The van der Waals surface area contributed by atoms with Crippen LogP contribution in [0.15, 0.2) is 54.6 Å². The number of benzene rings is 3. The minimum absolute atomic E-state index is 0.244. The molecule has 0 unspecified atom stereocenters. The molecule has 0 aliphatic carbocycles. The number of amides is 1. The largest absolute Gasteiger partial charge is 0.416 e. The Morgan fingerprint density at radius 3 is 2.46 bits per heavy atom. The zero-order valence-corrected chi connectivity index (χ0v) is 15.1. The van der Waals surface area contributed by atoms with Gasteiger partial charge in [0.25, 0.3) is 0 Å². The summed E-state index contributed by atoms with van der Waals surface area (Å²) < 4.78 is 41.5. The van der Waals surface area contributed by atoms with Gasteiger partial charge in [-0.05, 0) is 48.0 Å². The lowest BCUT2D eigenvalue weighted by Gasteiger charge is -2.10. The molecule has 28 heavy (non-hydrogen) atoms. The molecule has 3 aromatic carbocycles. The van der Waals surface area contributed by atoms with E-state index in [4.69, 9.17) is 17.3 Å². The van der Waals surface area contributed by atoms with Crippen LogP contribution in [0.4, 0.5) is 13.2 Å². The first kappa shape index (κ1) is 18.4. The Bertz CT molecular complexity index is 1210. The van der Waals surface area contributed by atoms with Crippen molar-refractivity contribution in [1.29, 1.82) is 0 Å². The Hall–Kier alpha value is -2.99. The van der Waals surface area contributed by atoms with E-state index in [1.807, 2.05) is 0 Å². The van der Waals surface area contributed by atoms with Crippen LogP contribution in [0.25, 0.3) is 21.8 Å². The van der Waals surface area contributed by atoms with Gasteiger partial charge in [0.1, 0.15) is 0 Å². The van der Waals surface area contributed by atoms with E-state index in [0.717, 1.165) is 17.7 Å². The second-order valence-corrected chi connectivity index (χ2v) is 6.86. The zero-order chi connectivity index (χ0) is 20.1. The summed E-state index contributed by atoms with van der Waals surface area (Å²) in [5.41, 5.74) is 6.72. The van der Waals surface area contributed by atoms with Crippen LogP contribution < -0.4 is 5.73 Å². The number of nitrogens with zero attached hydrogens (tertiary/aromatic N) is 1. The Morgan fingerprint density at radius 1 is 1.11 bits per heavy atom. The highest BCUT2D eigenvalue weighted by molar-refractivity contribution is 6.30. The normalized spacial score (nSPS) is 12.0. The van der Waals surface area contributed by atoms with Crippen molar-refractivity contribution in [3.63, 3.8) is 0 Å². The summed E-state index contributed by atoms with van der Waals surface area (Å²) in [7, 11) is 0. The molecule has 0 bridgehead atoms. The van der Waals surface area contributed by atoms with E-state index >= 15 is 0 Å². The summed E-state index contributed by atoms with van der Waals surface area (Å²) in [4.78, 5) is 11.9. The van der Waals surface area contributed by atoms with Gasteiger partial charge in [0.15, 0.2) is 0 Å². The molecule has 2 N–H and O–H groups in total. The van der Waals surface area contributed by atoms with Crippen molar-refractivity contribution in [1.82, 2.24) is 4.57 Å². The number of carbonyl (C=O) groups is 1. The van der Waals surface area contributed by atoms with Crippen LogP contribution in [0.1, 0.15) is 21.5 Å².